The third-order valence-electron chi connectivity index (χ3n) is 5.55. The Hall–Kier alpha value is -1.59. The Bertz CT molecular complexity index is 502. The van der Waals surface area contributed by atoms with Gasteiger partial charge in [-0.25, -0.2) is 4.79 Å². The van der Waals surface area contributed by atoms with Crippen LogP contribution in [-0.4, -0.2) is 44.6 Å². The zero-order chi connectivity index (χ0) is 14.2. The average molecular weight is 289 g/mol. The first-order valence-corrected chi connectivity index (χ1v) is 8.21. The average Bonchev–Trinajstić information content (AvgIpc) is 3.24. The van der Waals surface area contributed by atoms with Gasteiger partial charge in [0, 0.05) is 18.8 Å². The van der Waals surface area contributed by atoms with Crippen LogP contribution in [0.1, 0.15) is 38.5 Å². The molecule has 3 aliphatic rings. The number of likely N-dealkylation sites (tertiary alicyclic amines) is 1. The second-order valence-electron chi connectivity index (χ2n) is 6.85. The molecule has 3 unspecified atom stereocenters. The summed E-state index contributed by atoms with van der Waals surface area (Å²) < 4.78 is 1.83. The van der Waals surface area contributed by atoms with Crippen molar-refractivity contribution in [2.45, 2.75) is 57.2 Å². The Morgan fingerprint density at radius 1 is 1.29 bits per heavy atom. The number of fused-ring (bicyclic) bond motifs is 2. The van der Waals surface area contributed by atoms with Crippen molar-refractivity contribution in [1.29, 1.82) is 0 Å². The Morgan fingerprint density at radius 2 is 2.24 bits per heavy atom. The summed E-state index contributed by atoms with van der Waals surface area (Å²) in [4.78, 5) is 14.6. The van der Waals surface area contributed by atoms with Crippen LogP contribution in [0.3, 0.4) is 0 Å². The van der Waals surface area contributed by atoms with Crippen LogP contribution >= 0.6 is 0 Å². The van der Waals surface area contributed by atoms with Gasteiger partial charge in [-0.1, -0.05) is 11.6 Å². The molecule has 2 amide bonds. The Kier molecular flexibility index (Phi) is 3.31. The van der Waals surface area contributed by atoms with Gasteiger partial charge in [0.25, 0.3) is 0 Å². The van der Waals surface area contributed by atoms with E-state index >= 15 is 0 Å². The molecule has 4 atom stereocenters. The second-order valence-corrected chi connectivity index (χ2v) is 6.85. The van der Waals surface area contributed by atoms with Crippen LogP contribution in [0.15, 0.2) is 12.4 Å². The Balaban J connectivity index is 1.36. The molecule has 2 heterocycles. The highest BCUT2D eigenvalue weighted by Gasteiger charge is 2.41. The molecule has 0 spiro atoms. The number of nitrogens with one attached hydrogen (secondary N) is 1. The molecular formula is C15H23N5O. The number of hydrogen-bond donors (Lipinski definition) is 1. The van der Waals surface area contributed by atoms with Crippen molar-refractivity contribution in [3.8, 4) is 0 Å². The maximum atomic E-state index is 12.6. The third-order valence-corrected chi connectivity index (χ3v) is 5.55. The summed E-state index contributed by atoms with van der Waals surface area (Å²) in [7, 11) is 0. The van der Waals surface area contributed by atoms with E-state index in [1.807, 2.05) is 15.8 Å². The highest BCUT2D eigenvalue weighted by atomic mass is 16.2. The van der Waals surface area contributed by atoms with Gasteiger partial charge in [-0.05, 0) is 43.9 Å². The number of urea groups is 1. The maximum absolute atomic E-state index is 12.6. The van der Waals surface area contributed by atoms with Gasteiger partial charge < -0.3 is 10.2 Å². The fraction of sp³-hybridized carbons (Fsp3) is 0.800. The van der Waals surface area contributed by atoms with Crippen LogP contribution in [-0.2, 0) is 6.54 Å². The van der Waals surface area contributed by atoms with Gasteiger partial charge in [-0.3, -0.25) is 4.68 Å². The van der Waals surface area contributed by atoms with Crippen molar-refractivity contribution in [2.24, 2.45) is 11.8 Å². The monoisotopic (exact) mass is 289 g/mol. The minimum Gasteiger partial charge on any atom is -0.335 e. The normalized spacial score (nSPS) is 34.6. The number of rotatable bonds is 3. The van der Waals surface area contributed by atoms with Crippen molar-refractivity contribution in [3.63, 3.8) is 0 Å². The molecule has 1 aliphatic heterocycles. The lowest BCUT2D eigenvalue weighted by molar-refractivity contribution is 0.177. The van der Waals surface area contributed by atoms with Gasteiger partial charge in [-0.15, -0.1) is 5.10 Å². The number of nitrogens with zero attached hydrogens (tertiary/aromatic N) is 4. The van der Waals surface area contributed by atoms with Crippen LogP contribution in [0.2, 0.25) is 0 Å². The van der Waals surface area contributed by atoms with Gasteiger partial charge >= 0.3 is 6.03 Å². The largest absolute Gasteiger partial charge is 0.335 e. The molecule has 114 valence electrons. The van der Waals surface area contributed by atoms with E-state index in [2.05, 4.69) is 15.6 Å². The standard InChI is InChI=1S/C15H23N5O/c21-15(17-14-9-11-3-4-12(14)8-11)20-6-1-2-13(20)10-19-7-5-16-18-19/h5,7,11-14H,1-4,6,8-10H2,(H,17,21)/t11?,12?,13-,14?/m0/s1. The van der Waals surface area contributed by atoms with Gasteiger partial charge in [0.1, 0.15) is 0 Å². The van der Waals surface area contributed by atoms with E-state index in [9.17, 15) is 4.79 Å². The van der Waals surface area contributed by atoms with E-state index in [0.29, 0.717) is 6.04 Å². The van der Waals surface area contributed by atoms with Crippen LogP contribution in [0.25, 0.3) is 0 Å². The molecule has 1 N–H and O–H groups in total. The zero-order valence-electron chi connectivity index (χ0n) is 12.3. The topological polar surface area (TPSA) is 63.1 Å². The van der Waals surface area contributed by atoms with Crippen molar-refractivity contribution >= 4 is 6.03 Å². The second kappa shape index (κ2) is 5.31. The van der Waals surface area contributed by atoms with Crippen LogP contribution in [0, 0.1) is 11.8 Å². The smallest absolute Gasteiger partial charge is 0.317 e. The molecule has 1 saturated heterocycles. The molecule has 2 bridgehead atoms. The van der Waals surface area contributed by atoms with Crippen molar-refractivity contribution < 1.29 is 4.79 Å². The predicted octanol–water partition coefficient (Wildman–Crippen LogP) is 1.64. The maximum Gasteiger partial charge on any atom is 0.317 e. The summed E-state index contributed by atoms with van der Waals surface area (Å²) in [5.74, 6) is 1.60. The minimum atomic E-state index is 0.134. The minimum absolute atomic E-state index is 0.134. The van der Waals surface area contributed by atoms with Crippen molar-refractivity contribution in [2.75, 3.05) is 6.54 Å². The quantitative estimate of drug-likeness (QED) is 0.920. The number of carbonyl (C=O) groups is 1. The third kappa shape index (κ3) is 2.51. The number of hydrogen-bond acceptors (Lipinski definition) is 3. The number of amides is 2. The number of aromatic nitrogens is 3. The highest BCUT2D eigenvalue weighted by Crippen LogP contribution is 2.44. The molecule has 6 nitrogen and oxygen atoms in total. The highest BCUT2D eigenvalue weighted by molar-refractivity contribution is 5.75. The SMILES string of the molecule is O=C(NC1CC2CCC1C2)N1CCC[C@H]1Cn1ccnn1. The molecule has 6 heteroatoms. The molecule has 4 rings (SSSR count). The van der Waals surface area contributed by atoms with Crippen LogP contribution in [0.4, 0.5) is 4.79 Å². The molecular weight excluding hydrogens is 266 g/mol. The molecule has 3 fully saturated rings. The Labute approximate surface area is 124 Å². The van der Waals surface area contributed by atoms with Crippen LogP contribution in [0.5, 0.6) is 0 Å². The molecule has 1 aromatic heterocycles. The summed E-state index contributed by atoms with van der Waals surface area (Å²) >= 11 is 0. The predicted molar refractivity (Wildman–Crippen MR) is 77.5 cm³/mol. The van der Waals surface area contributed by atoms with E-state index in [4.69, 9.17) is 0 Å². The summed E-state index contributed by atoms with van der Waals surface area (Å²) in [6, 6.07) is 0.810. The summed E-state index contributed by atoms with van der Waals surface area (Å²) in [6.45, 7) is 1.62. The van der Waals surface area contributed by atoms with Gasteiger partial charge in [-0.2, -0.15) is 0 Å². The number of carbonyl (C=O) groups excluding carboxylic acids is 1. The van der Waals surface area contributed by atoms with E-state index < -0.39 is 0 Å². The molecule has 0 aromatic carbocycles. The summed E-state index contributed by atoms with van der Waals surface area (Å²) in [5.41, 5.74) is 0. The lowest BCUT2D eigenvalue weighted by Crippen LogP contribution is -2.49. The first kappa shape index (κ1) is 13.1. The lowest BCUT2D eigenvalue weighted by atomic mass is 9.95. The summed E-state index contributed by atoms with van der Waals surface area (Å²) in [6.07, 6.45) is 10.9. The molecule has 2 saturated carbocycles. The van der Waals surface area contributed by atoms with Crippen molar-refractivity contribution in [3.05, 3.63) is 12.4 Å². The van der Waals surface area contributed by atoms with E-state index in [-0.39, 0.29) is 12.1 Å². The van der Waals surface area contributed by atoms with E-state index in [0.717, 1.165) is 37.8 Å². The first-order chi connectivity index (χ1) is 10.3. The van der Waals surface area contributed by atoms with Crippen LogP contribution < -0.4 is 5.32 Å². The fourth-order valence-corrected chi connectivity index (χ4v) is 4.50. The molecule has 1 aromatic rings. The first-order valence-electron chi connectivity index (χ1n) is 8.21. The Morgan fingerprint density at radius 3 is 2.95 bits per heavy atom. The van der Waals surface area contributed by atoms with Crippen molar-refractivity contribution in [1.82, 2.24) is 25.2 Å². The summed E-state index contributed by atoms with van der Waals surface area (Å²) in [5, 5.41) is 11.2. The molecule has 2 aliphatic carbocycles. The zero-order valence-corrected chi connectivity index (χ0v) is 12.3. The van der Waals surface area contributed by atoms with E-state index in [1.165, 1.54) is 25.7 Å². The lowest BCUT2D eigenvalue weighted by Gasteiger charge is -2.29. The van der Waals surface area contributed by atoms with E-state index in [1.54, 1.807) is 6.20 Å². The van der Waals surface area contributed by atoms with Gasteiger partial charge in [0.15, 0.2) is 0 Å². The molecule has 21 heavy (non-hydrogen) atoms. The van der Waals surface area contributed by atoms with Gasteiger partial charge in [0.2, 0.25) is 0 Å². The fourth-order valence-electron chi connectivity index (χ4n) is 4.50. The van der Waals surface area contributed by atoms with Gasteiger partial charge in [0.05, 0.1) is 18.8 Å². The molecule has 0 radical (unpaired) electrons.